The Morgan fingerprint density at radius 2 is 1.97 bits per heavy atom. The van der Waals surface area contributed by atoms with Gasteiger partial charge in [-0.15, -0.1) is 0 Å². The monoisotopic (exact) mass is 474 g/mol. The molecule has 9 heteroatoms. The number of anilines is 1. The van der Waals surface area contributed by atoms with Gasteiger partial charge < -0.3 is 14.5 Å². The van der Waals surface area contributed by atoms with Crippen LogP contribution < -0.4 is 15.0 Å². The average molecular weight is 474 g/mol. The Morgan fingerprint density at radius 3 is 2.66 bits per heavy atom. The number of carbonyl (C=O) groups excluding carboxylic acids is 2. The van der Waals surface area contributed by atoms with E-state index in [1.165, 1.54) is 28.0 Å². The quantitative estimate of drug-likeness (QED) is 0.456. The topological polar surface area (TPSA) is 89.6 Å². The van der Waals surface area contributed by atoms with E-state index >= 15 is 0 Å². The van der Waals surface area contributed by atoms with Crippen LogP contribution in [0.15, 0.2) is 77.4 Å². The van der Waals surface area contributed by atoms with E-state index in [1.54, 1.807) is 68.6 Å². The number of ether oxygens (including phenoxy) is 1. The highest BCUT2D eigenvalue weighted by Crippen LogP contribution is 2.35. The summed E-state index contributed by atoms with van der Waals surface area (Å²) in [6.07, 6.45) is 1.53. The highest BCUT2D eigenvalue weighted by Gasteiger charge is 2.49. The Labute approximate surface area is 200 Å². The zero-order chi connectivity index (χ0) is 24.6. The summed E-state index contributed by atoms with van der Waals surface area (Å²) in [6.45, 7) is 1.91. The number of nitrogens with one attached hydrogen (secondary N) is 1. The van der Waals surface area contributed by atoms with Gasteiger partial charge in [0.05, 0.1) is 19.9 Å². The van der Waals surface area contributed by atoms with Crippen molar-refractivity contribution in [2.24, 2.45) is 0 Å². The molecule has 0 saturated heterocycles. The number of halogens is 1. The van der Waals surface area contributed by atoms with Crippen LogP contribution in [0.4, 0.5) is 10.1 Å². The number of nitrogens with zero attached hydrogens (tertiary/aromatic N) is 3. The first kappa shape index (κ1) is 22.4. The van der Waals surface area contributed by atoms with Crippen LogP contribution in [-0.4, -0.2) is 34.2 Å². The molecule has 0 spiro atoms. The molecule has 2 amide bonds. The summed E-state index contributed by atoms with van der Waals surface area (Å²) in [5, 5.41) is 7.39. The number of hydrogen-bond donors (Lipinski definition) is 1. The van der Waals surface area contributed by atoms with Crippen molar-refractivity contribution < 1.29 is 23.1 Å². The number of aromatic nitrogens is 2. The highest BCUT2D eigenvalue weighted by atomic mass is 19.1. The minimum atomic E-state index is -1.32. The van der Waals surface area contributed by atoms with Crippen LogP contribution in [0.2, 0.25) is 0 Å². The number of methoxy groups -OCH3 is 1. The first-order chi connectivity index (χ1) is 16.9. The summed E-state index contributed by atoms with van der Waals surface area (Å²) in [6, 6.07) is 18.1. The third-order valence-corrected chi connectivity index (χ3v) is 6.09. The zero-order valence-corrected chi connectivity index (χ0v) is 19.2. The summed E-state index contributed by atoms with van der Waals surface area (Å²) in [5.74, 6) is -0.0161. The molecule has 2 aromatic carbocycles. The van der Waals surface area contributed by atoms with Crippen molar-refractivity contribution in [3.05, 3.63) is 90.1 Å². The maximum Gasteiger partial charge on any atom is 0.277 e. The van der Waals surface area contributed by atoms with Crippen molar-refractivity contribution >= 4 is 17.5 Å². The average Bonchev–Trinajstić information content (AvgIpc) is 3.53. The smallest absolute Gasteiger partial charge is 0.277 e. The van der Waals surface area contributed by atoms with Gasteiger partial charge in [-0.2, -0.15) is 5.10 Å². The van der Waals surface area contributed by atoms with E-state index < -0.39 is 11.4 Å². The lowest BCUT2D eigenvalue weighted by atomic mass is 9.93. The van der Waals surface area contributed by atoms with Crippen LogP contribution in [0.5, 0.6) is 5.75 Å². The Morgan fingerprint density at radius 1 is 1.17 bits per heavy atom. The molecule has 1 aliphatic rings. The van der Waals surface area contributed by atoms with Crippen LogP contribution in [0.3, 0.4) is 0 Å². The minimum Gasteiger partial charge on any atom is -0.497 e. The second-order valence-electron chi connectivity index (χ2n) is 8.47. The van der Waals surface area contributed by atoms with Gasteiger partial charge in [-0.3, -0.25) is 19.2 Å². The third kappa shape index (κ3) is 4.05. The number of hydrogen-bond acceptors (Lipinski definition) is 5. The fourth-order valence-electron chi connectivity index (χ4n) is 4.28. The van der Waals surface area contributed by atoms with E-state index in [2.05, 4.69) is 10.4 Å². The summed E-state index contributed by atoms with van der Waals surface area (Å²) in [4.78, 5) is 28.8. The Balaban J connectivity index is 1.53. The molecule has 0 fully saturated rings. The predicted molar refractivity (Wildman–Crippen MR) is 126 cm³/mol. The van der Waals surface area contributed by atoms with Gasteiger partial charge in [0, 0.05) is 18.3 Å². The molecule has 1 N–H and O–H groups in total. The van der Waals surface area contributed by atoms with Gasteiger partial charge in [0.1, 0.15) is 28.5 Å². The first-order valence-electron chi connectivity index (χ1n) is 11.0. The number of amides is 2. The van der Waals surface area contributed by atoms with Gasteiger partial charge in [0.2, 0.25) is 5.91 Å². The maximum absolute atomic E-state index is 13.8. The lowest BCUT2D eigenvalue weighted by molar-refractivity contribution is -0.126. The molecule has 2 aromatic heterocycles. The van der Waals surface area contributed by atoms with Gasteiger partial charge in [0.15, 0.2) is 5.76 Å². The molecule has 0 radical (unpaired) electrons. The zero-order valence-electron chi connectivity index (χ0n) is 19.2. The lowest BCUT2D eigenvalue weighted by Crippen LogP contribution is -2.64. The van der Waals surface area contributed by atoms with Crippen molar-refractivity contribution in [2.75, 3.05) is 12.0 Å². The van der Waals surface area contributed by atoms with Crippen LogP contribution in [0.1, 0.15) is 23.0 Å². The van der Waals surface area contributed by atoms with E-state index in [0.29, 0.717) is 34.1 Å². The summed E-state index contributed by atoms with van der Waals surface area (Å²) >= 11 is 0. The maximum atomic E-state index is 13.8. The molecule has 0 aliphatic carbocycles. The van der Waals surface area contributed by atoms with Crippen molar-refractivity contribution in [1.82, 2.24) is 15.1 Å². The molecule has 5 rings (SSSR count). The van der Waals surface area contributed by atoms with Gasteiger partial charge in [-0.1, -0.05) is 12.1 Å². The molecular formula is C26H23FN4O4. The molecule has 178 valence electrons. The van der Waals surface area contributed by atoms with Crippen molar-refractivity contribution in [2.45, 2.75) is 25.6 Å². The molecule has 1 aliphatic heterocycles. The molecule has 0 unspecified atom stereocenters. The van der Waals surface area contributed by atoms with Gasteiger partial charge in [0.25, 0.3) is 5.91 Å². The second-order valence-corrected chi connectivity index (χ2v) is 8.47. The van der Waals surface area contributed by atoms with E-state index in [-0.39, 0.29) is 24.8 Å². The molecule has 1 atom stereocenters. The molecule has 8 nitrogen and oxygen atoms in total. The van der Waals surface area contributed by atoms with Gasteiger partial charge >= 0.3 is 0 Å². The molecule has 3 heterocycles. The van der Waals surface area contributed by atoms with Gasteiger partial charge in [-0.25, -0.2) is 4.39 Å². The van der Waals surface area contributed by atoms with Crippen LogP contribution in [-0.2, 0) is 17.9 Å². The number of carbonyl (C=O) groups is 2. The Kier molecular flexibility index (Phi) is 5.60. The predicted octanol–water partition coefficient (Wildman–Crippen LogP) is 4.03. The normalized spacial score (nSPS) is 17.2. The van der Waals surface area contributed by atoms with E-state index in [4.69, 9.17) is 9.15 Å². The summed E-state index contributed by atoms with van der Waals surface area (Å²) in [7, 11) is 1.56. The number of fused-ring (bicyclic) bond motifs is 1. The van der Waals surface area contributed by atoms with Gasteiger partial charge in [-0.05, 0) is 61.0 Å². The van der Waals surface area contributed by atoms with Crippen LogP contribution in [0, 0.1) is 5.82 Å². The first-order valence-corrected chi connectivity index (χ1v) is 11.0. The van der Waals surface area contributed by atoms with E-state index in [1.807, 2.05) is 0 Å². The molecule has 0 saturated carbocycles. The van der Waals surface area contributed by atoms with E-state index in [0.717, 1.165) is 0 Å². The standard InChI is InChI=1S/C26H23FN4O4/c1-26(25(33)28-15-17-5-3-6-18(27)13-17)16-30-22(14-21(29-30)23-7-4-12-35-23)24(32)31(26)19-8-10-20(34-2)11-9-19/h3-14H,15-16H2,1-2H3,(H,28,33)/t26-/m1/s1. The van der Waals surface area contributed by atoms with Crippen LogP contribution >= 0.6 is 0 Å². The minimum absolute atomic E-state index is 0.107. The third-order valence-electron chi connectivity index (χ3n) is 6.09. The van der Waals surface area contributed by atoms with Crippen molar-refractivity contribution in [3.8, 4) is 17.2 Å². The Hall–Kier alpha value is -4.40. The fourth-order valence-corrected chi connectivity index (χ4v) is 4.28. The highest BCUT2D eigenvalue weighted by molar-refractivity contribution is 6.12. The summed E-state index contributed by atoms with van der Waals surface area (Å²) < 4.78 is 25.8. The number of rotatable bonds is 6. The molecule has 4 aromatic rings. The SMILES string of the molecule is COc1ccc(N2C(=O)c3cc(-c4ccco4)nn3C[C@]2(C)C(=O)NCc2cccc(F)c2)cc1. The van der Waals surface area contributed by atoms with Crippen LogP contribution in [0.25, 0.3) is 11.5 Å². The van der Waals surface area contributed by atoms with E-state index in [9.17, 15) is 14.0 Å². The number of benzene rings is 2. The van der Waals surface area contributed by atoms with Crippen molar-refractivity contribution in [3.63, 3.8) is 0 Å². The fraction of sp³-hybridized carbons (Fsp3) is 0.192. The Bertz CT molecular complexity index is 1380. The molecule has 35 heavy (non-hydrogen) atoms. The lowest BCUT2D eigenvalue weighted by Gasteiger charge is -2.43. The second kappa shape index (κ2) is 8.75. The van der Waals surface area contributed by atoms with Crippen molar-refractivity contribution in [1.29, 1.82) is 0 Å². The molecular weight excluding hydrogens is 451 g/mol. The summed E-state index contributed by atoms with van der Waals surface area (Å²) in [5.41, 5.74) is 0.657. The largest absolute Gasteiger partial charge is 0.497 e. The number of furan rings is 1. The molecule has 0 bridgehead atoms.